The summed E-state index contributed by atoms with van der Waals surface area (Å²) in [4.78, 5) is 36.6. The Morgan fingerprint density at radius 3 is 2.47 bits per heavy atom. The maximum absolute atomic E-state index is 12.8. The molecule has 1 atom stereocenters. The molecule has 0 saturated heterocycles. The molecule has 0 aromatic carbocycles. The van der Waals surface area contributed by atoms with Crippen LogP contribution in [0.4, 0.5) is 18.2 Å². The van der Waals surface area contributed by atoms with Gasteiger partial charge in [0, 0.05) is 5.69 Å². The number of amides is 2. The first-order chi connectivity index (χ1) is 13.9. The van der Waals surface area contributed by atoms with Crippen molar-refractivity contribution in [1.82, 2.24) is 9.78 Å². The van der Waals surface area contributed by atoms with Gasteiger partial charge < -0.3 is 15.8 Å². The number of thiophene rings is 1. The highest BCUT2D eigenvalue weighted by Crippen LogP contribution is 2.34. The number of primary amides is 1. The Hall–Kier alpha value is -2.89. The maximum Gasteiger partial charge on any atom is 0.435 e. The predicted octanol–water partition coefficient (Wildman–Crippen LogP) is 3.13. The van der Waals surface area contributed by atoms with Crippen molar-refractivity contribution in [2.75, 3.05) is 11.9 Å². The number of nitrogens with one attached hydrogen (secondary N) is 1. The van der Waals surface area contributed by atoms with E-state index in [0.717, 1.165) is 22.1 Å². The average molecular weight is 446 g/mol. The quantitative estimate of drug-likeness (QED) is 0.634. The third kappa shape index (κ3) is 4.99. The molecule has 0 spiro atoms. The minimum atomic E-state index is -4.59. The van der Waals surface area contributed by atoms with Gasteiger partial charge in [0.25, 0.3) is 5.91 Å². The number of halogens is 3. The van der Waals surface area contributed by atoms with Crippen LogP contribution in [0, 0.1) is 19.8 Å². The lowest BCUT2D eigenvalue weighted by Gasteiger charge is -2.13. The highest BCUT2D eigenvalue weighted by molar-refractivity contribution is 7.18. The number of ether oxygens (including phenoxy) is 1. The molecule has 0 bridgehead atoms. The predicted molar refractivity (Wildman–Crippen MR) is 103 cm³/mol. The first-order valence-electron chi connectivity index (χ1n) is 8.89. The Balaban J connectivity index is 2.25. The van der Waals surface area contributed by atoms with E-state index in [9.17, 15) is 27.6 Å². The molecule has 0 aliphatic rings. The molecule has 3 N–H and O–H groups in total. The van der Waals surface area contributed by atoms with E-state index in [1.807, 2.05) is 0 Å². The number of hydrogen-bond donors (Lipinski definition) is 2. The van der Waals surface area contributed by atoms with Gasteiger partial charge in [-0.15, -0.1) is 11.3 Å². The van der Waals surface area contributed by atoms with Crippen LogP contribution in [-0.2, 0) is 22.3 Å². The van der Waals surface area contributed by atoms with Gasteiger partial charge in [-0.25, -0.2) is 4.79 Å². The van der Waals surface area contributed by atoms with E-state index >= 15 is 0 Å². The van der Waals surface area contributed by atoms with E-state index in [1.165, 1.54) is 20.8 Å². The van der Waals surface area contributed by atoms with Gasteiger partial charge in [0.1, 0.15) is 5.00 Å². The summed E-state index contributed by atoms with van der Waals surface area (Å²) < 4.78 is 44.5. The van der Waals surface area contributed by atoms with Crippen LogP contribution in [0.5, 0.6) is 0 Å². The number of nitrogens with zero attached hydrogens (tertiary/aromatic N) is 2. The number of nitrogens with two attached hydrogens (primary N) is 1. The Bertz CT molecular complexity index is 981. The molecule has 0 aliphatic carbocycles. The molecule has 1 unspecified atom stereocenters. The van der Waals surface area contributed by atoms with Gasteiger partial charge in [0.05, 0.1) is 29.5 Å². The molecule has 0 aliphatic heterocycles. The second-order valence-corrected chi connectivity index (χ2v) is 7.61. The lowest BCUT2D eigenvalue weighted by molar-refractivity contribution is -0.141. The van der Waals surface area contributed by atoms with E-state index in [1.54, 1.807) is 6.92 Å². The van der Waals surface area contributed by atoms with Gasteiger partial charge in [0.15, 0.2) is 5.69 Å². The van der Waals surface area contributed by atoms with Crippen LogP contribution in [0.2, 0.25) is 0 Å². The van der Waals surface area contributed by atoms with Gasteiger partial charge in [-0.05, 0) is 32.4 Å². The summed E-state index contributed by atoms with van der Waals surface area (Å²) in [6, 6.07) is 0.894. The molecule has 2 amide bonds. The standard InChI is InChI=1S/C18H21F3N4O4S/c1-5-29-17(28)12-10(4)13(14(22)26)30-16(12)23-15(27)8(2)7-25-9(3)6-11(24-25)18(19,20)21/h6,8H,5,7H2,1-4H3,(H2,22,26)(H,23,27). The van der Waals surface area contributed by atoms with E-state index in [-0.39, 0.29) is 39.9 Å². The fourth-order valence-electron chi connectivity index (χ4n) is 2.70. The number of alkyl halides is 3. The fourth-order valence-corrected chi connectivity index (χ4v) is 3.75. The van der Waals surface area contributed by atoms with Crippen LogP contribution in [0.25, 0.3) is 0 Å². The lowest BCUT2D eigenvalue weighted by atomic mass is 10.1. The van der Waals surface area contributed by atoms with Crippen molar-refractivity contribution in [2.45, 2.75) is 40.4 Å². The second kappa shape index (κ2) is 8.86. The molecule has 164 valence electrons. The van der Waals surface area contributed by atoms with Crippen molar-refractivity contribution in [3.63, 3.8) is 0 Å². The average Bonchev–Trinajstić information content (AvgIpc) is 3.15. The second-order valence-electron chi connectivity index (χ2n) is 6.59. The van der Waals surface area contributed by atoms with Crippen LogP contribution < -0.4 is 11.1 Å². The zero-order chi connectivity index (χ0) is 22.8. The first kappa shape index (κ1) is 23.4. The molecule has 8 nitrogen and oxygen atoms in total. The van der Waals surface area contributed by atoms with Gasteiger partial charge in [-0.2, -0.15) is 18.3 Å². The molecule has 0 radical (unpaired) electrons. The number of anilines is 1. The molecule has 12 heteroatoms. The van der Waals surface area contributed by atoms with E-state index in [0.29, 0.717) is 0 Å². The Morgan fingerprint density at radius 2 is 1.97 bits per heavy atom. The molecule has 0 saturated carbocycles. The largest absolute Gasteiger partial charge is 0.462 e. The van der Waals surface area contributed by atoms with Gasteiger partial charge in [-0.1, -0.05) is 6.92 Å². The number of aromatic nitrogens is 2. The SMILES string of the molecule is CCOC(=O)c1c(NC(=O)C(C)Cn2nc(C(F)(F)F)cc2C)sc(C(N)=O)c1C. The normalized spacial score (nSPS) is 12.5. The third-order valence-electron chi connectivity index (χ3n) is 4.25. The Morgan fingerprint density at radius 1 is 1.33 bits per heavy atom. The van der Waals surface area contributed by atoms with Crippen molar-refractivity contribution in [3.05, 3.63) is 33.5 Å². The summed E-state index contributed by atoms with van der Waals surface area (Å²) in [6.45, 7) is 6.04. The maximum atomic E-state index is 12.8. The number of esters is 1. The number of aryl methyl sites for hydroxylation is 1. The van der Waals surface area contributed by atoms with E-state index < -0.39 is 35.6 Å². The lowest BCUT2D eigenvalue weighted by Crippen LogP contribution is -2.26. The van der Waals surface area contributed by atoms with Crippen molar-refractivity contribution < 1.29 is 32.3 Å². The van der Waals surface area contributed by atoms with Gasteiger partial charge >= 0.3 is 12.1 Å². The zero-order valence-electron chi connectivity index (χ0n) is 16.7. The summed E-state index contributed by atoms with van der Waals surface area (Å²) in [5.41, 5.74) is 4.83. The minimum Gasteiger partial charge on any atom is -0.462 e. The van der Waals surface area contributed by atoms with Crippen molar-refractivity contribution in [1.29, 1.82) is 0 Å². The topological polar surface area (TPSA) is 116 Å². The van der Waals surface area contributed by atoms with E-state index in [4.69, 9.17) is 10.5 Å². The van der Waals surface area contributed by atoms with Gasteiger partial charge in [-0.3, -0.25) is 14.3 Å². The van der Waals surface area contributed by atoms with Crippen molar-refractivity contribution in [3.8, 4) is 0 Å². The monoisotopic (exact) mass is 446 g/mol. The van der Waals surface area contributed by atoms with Crippen LogP contribution in [0.15, 0.2) is 6.07 Å². The smallest absolute Gasteiger partial charge is 0.435 e. The zero-order valence-corrected chi connectivity index (χ0v) is 17.5. The highest BCUT2D eigenvalue weighted by Gasteiger charge is 2.35. The Labute approximate surface area is 174 Å². The number of hydrogen-bond acceptors (Lipinski definition) is 6. The third-order valence-corrected chi connectivity index (χ3v) is 5.47. The van der Waals surface area contributed by atoms with Crippen LogP contribution in [-0.4, -0.2) is 34.2 Å². The molecule has 2 heterocycles. The van der Waals surface area contributed by atoms with E-state index in [2.05, 4.69) is 10.4 Å². The van der Waals surface area contributed by atoms with Gasteiger partial charge in [0.2, 0.25) is 5.91 Å². The number of carbonyl (C=O) groups excluding carboxylic acids is 3. The highest BCUT2D eigenvalue weighted by atomic mass is 32.1. The van der Waals surface area contributed by atoms with Crippen molar-refractivity contribution >= 4 is 34.1 Å². The Kier molecular flexibility index (Phi) is 6.91. The molecular weight excluding hydrogens is 425 g/mol. The summed E-state index contributed by atoms with van der Waals surface area (Å²) in [5.74, 6) is -2.84. The molecular formula is C18H21F3N4O4S. The molecule has 2 aromatic rings. The summed E-state index contributed by atoms with van der Waals surface area (Å²) >= 11 is 0.833. The molecule has 2 aromatic heterocycles. The van der Waals surface area contributed by atoms with Crippen LogP contribution >= 0.6 is 11.3 Å². The van der Waals surface area contributed by atoms with Crippen LogP contribution in [0.1, 0.15) is 50.8 Å². The minimum absolute atomic E-state index is 0.0193. The number of carbonyl (C=O) groups is 3. The summed E-state index contributed by atoms with van der Waals surface area (Å²) in [6.07, 6.45) is -4.59. The number of rotatable bonds is 7. The summed E-state index contributed by atoms with van der Waals surface area (Å²) in [7, 11) is 0. The first-order valence-corrected chi connectivity index (χ1v) is 9.71. The molecule has 30 heavy (non-hydrogen) atoms. The van der Waals surface area contributed by atoms with Crippen molar-refractivity contribution in [2.24, 2.45) is 11.7 Å². The molecule has 0 fully saturated rings. The van der Waals surface area contributed by atoms with Crippen LogP contribution in [0.3, 0.4) is 0 Å². The summed E-state index contributed by atoms with van der Waals surface area (Å²) in [5, 5.41) is 6.14. The fraction of sp³-hybridized carbons (Fsp3) is 0.444. The molecule has 2 rings (SSSR count).